The lowest BCUT2D eigenvalue weighted by molar-refractivity contribution is 0.136. The van der Waals surface area contributed by atoms with Crippen LogP contribution in [0.4, 0.5) is 0 Å². The lowest BCUT2D eigenvalue weighted by atomic mass is 9.87. The van der Waals surface area contributed by atoms with Crippen molar-refractivity contribution in [1.29, 1.82) is 0 Å². The van der Waals surface area contributed by atoms with Gasteiger partial charge < -0.3 is 5.11 Å². The summed E-state index contributed by atoms with van der Waals surface area (Å²) >= 11 is 0. The van der Waals surface area contributed by atoms with E-state index in [9.17, 15) is 5.11 Å². The molecule has 0 amide bonds. The molecule has 1 heteroatoms. The Morgan fingerprint density at radius 1 is 1.30 bits per heavy atom. The molecule has 0 radical (unpaired) electrons. The van der Waals surface area contributed by atoms with E-state index in [0.29, 0.717) is 5.41 Å². The van der Waals surface area contributed by atoms with Gasteiger partial charge in [0.1, 0.15) is 0 Å². The number of aliphatic hydroxyl groups excluding tert-OH is 1. The fourth-order valence-electron chi connectivity index (χ4n) is 1.77. The summed E-state index contributed by atoms with van der Waals surface area (Å²) in [5.41, 5.74) is 0.522. The van der Waals surface area contributed by atoms with Gasteiger partial charge >= 0.3 is 0 Å². The maximum Gasteiger partial charge on any atom is 0.0517 e. The molecule has 0 spiro atoms. The van der Waals surface area contributed by atoms with Crippen LogP contribution in [-0.4, -0.2) is 11.2 Å². The van der Waals surface area contributed by atoms with Gasteiger partial charge in [0.2, 0.25) is 0 Å². The summed E-state index contributed by atoms with van der Waals surface area (Å²) in [5, 5.41) is 9.18. The van der Waals surface area contributed by atoms with E-state index in [1.807, 2.05) is 6.92 Å². The SMILES string of the molecule is CC(C)C1(C[C@@H](C)O)CC1. The van der Waals surface area contributed by atoms with Crippen LogP contribution in [0.3, 0.4) is 0 Å². The van der Waals surface area contributed by atoms with Crippen molar-refractivity contribution < 1.29 is 5.11 Å². The van der Waals surface area contributed by atoms with Crippen molar-refractivity contribution in [3.63, 3.8) is 0 Å². The minimum Gasteiger partial charge on any atom is -0.393 e. The fraction of sp³-hybridized carbons (Fsp3) is 1.00. The van der Waals surface area contributed by atoms with Gasteiger partial charge in [-0.2, -0.15) is 0 Å². The first-order valence-corrected chi connectivity index (χ1v) is 4.25. The zero-order valence-electron chi connectivity index (χ0n) is 7.22. The van der Waals surface area contributed by atoms with Gasteiger partial charge in [0.15, 0.2) is 0 Å². The Kier molecular flexibility index (Phi) is 2.04. The van der Waals surface area contributed by atoms with E-state index in [0.717, 1.165) is 12.3 Å². The zero-order valence-corrected chi connectivity index (χ0v) is 7.22. The maximum atomic E-state index is 9.18. The Bertz CT molecular complexity index is 112. The van der Waals surface area contributed by atoms with Crippen molar-refractivity contribution in [1.82, 2.24) is 0 Å². The minimum atomic E-state index is -0.107. The molecule has 1 rings (SSSR count). The first-order chi connectivity index (χ1) is 4.57. The smallest absolute Gasteiger partial charge is 0.0517 e. The summed E-state index contributed by atoms with van der Waals surface area (Å²) in [6.07, 6.45) is 3.56. The number of rotatable bonds is 3. The number of hydrogen-bond donors (Lipinski definition) is 1. The Balaban J connectivity index is 2.38. The highest BCUT2D eigenvalue weighted by molar-refractivity contribution is 4.96. The third kappa shape index (κ3) is 1.51. The van der Waals surface area contributed by atoms with E-state index in [2.05, 4.69) is 13.8 Å². The van der Waals surface area contributed by atoms with Gasteiger partial charge in [0.25, 0.3) is 0 Å². The summed E-state index contributed by atoms with van der Waals surface area (Å²) < 4.78 is 0. The van der Waals surface area contributed by atoms with Crippen molar-refractivity contribution in [2.75, 3.05) is 0 Å². The summed E-state index contributed by atoms with van der Waals surface area (Å²) in [6, 6.07) is 0. The molecule has 0 saturated heterocycles. The highest BCUT2D eigenvalue weighted by atomic mass is 16.3. The molecule has 1 fully saturated rings. The van der Waals surface area contributed by atoms with Gasteiger partial charge in [-0.3, -0.25) is 0 Å². The number of aliphatic hydroxyl groups is 1. The van der Waals surface area contributed by atoms with Crippen LogP contribution < -0.4 is 0 Å². The van der Waals surface area contributed by atoms with Crippen LogP contribution in [0.15, 0.2) is 0 Å². The second-order valence-electron chi connectivity index (χ2n) is 4.07. The molecule has 0 bridgehead atoms. The van der Waals surface area contributed by atoms with Crippen molar-refractivity contribution >= 4 is 0 Å². The first kappa shape index (κ1) is 8.06. The Morgan fingerprint density at radius 3 is 1.90 bits per heavy atom. The maximum absolute atomic E-state index is 9.18. The van der Waals surface area contributed by atoms with E-state index < -0.39 is 0 Å². The molecule has 0 aromatic carbocycles. The molecule has 1 aliphatic carbocycles. The predicted molar refractivity (Wildman–Crippen MR) is 42.8 cm³/mol. The van der Waals surface area contributed by atoms with Crippen LogP contribution >= 0.6 is 0 Å². The zero-order chi connectivity index (χ0) is 7.78. The summed E-state index contributed by atoms with van der Waals surface area (Å²) in [4.78, 5) is 0. The van der Waals surface area contributed by atoms with Crippen LogP contribution in [-0.2, 0) is 0 Å². The molecule has 0 heterocycles. The minimum absolute atomic E-state index is 0.107. The van der Waals surface area contributed by atoms with E-state index in [1.54, 1.807) is 0 Å². The van der Waals surface area contributed by atoms with Crippen molar-refractivity contribution in [2.45, 2.75) is 46.1 Å². The lowest BCUT2D eigenvalue weighted by Crippen LogP contribution is -2.16. The molecular weight excluding hydrogens is 124 g/mol. The Hall–Kier alpha value is -0.0400. The van der Waals surface area contributed by atoms with E-state index in [4.69, 9.17) is 0 Å². The highest BCUT2D eigenvalue weighted by Crippen LogP contribution is 2.55. The number of hydrogen-bond acceptors (Lipinski definition) is 1. The van der Waals surface area contributed by atoms with Crippen molar-refractivity contribution in [2.24, 2.45) is 11.3 Å². The fourth-order valence-corrected chi connectivity index (χ4v) is 1.77. The van der Waals surface area contributed by atoms with Crippen LogP contribution in [0.2, 0.25) is 0 Å². The van der Waals surface area contributed by atoms with Gasteiger partial charge in [-0.15, -0.1) is 0 Å². The summed E-state index contributed by atoms with van der Waals surface area (Å²) in [7, 11) is 0. The van der Waals surface area contributed by atoms with Gasteiger partial charge in [-0.1, -0.05) is 13.8 Å². The quantitative estimate of drug-likeness (QED) is 0.640. The van der Waals surface area contributed by atoms with E-state index in [-0.39, 0.29) is 6.10 Å². The molecule has 1 atom stereocenters. The molecule has 10 heavy (non-hydrogen) atoms. The summed E-state index contributed by atoms with van der Waals surface area (Å²) in [6.45, 7) is 6.41. The van der Waals surface area contributed by atoms with Crippen LogP contribution in [0.5, 0.6) is 0 Å². The van der Waals surface area contributed by atoms with E-state index in [1.165, 1.54) is 12.8 Å². The lowest BCUT2D eigenvalue weighted by Gasteiger charge is -2.20. The molecule has 0 aromatic heterocycles. The molecular formula is C9H18O. The topological polar surface area (TPSA) is 20.2 Å². The van der Waals surface area contributed by atoms with Crippen molar-refractivity contribution in [3.8, 4) is 0 Å². The first-order valence-electron chi connectivity index (χ1n) is 4.25. The summed E-state index contributed by atoms with van der Waals surface area (Å²) in [5.74, 6) is 0.752. The second-order valence-corrected chi connectivity index (χ2v) is 4.07. The normalized spacial score (nSPS) is 24.9. The molecule has 1 saturated carbocycles. The molecule has 0 aliphatic heterocycles. The Morgan fingerprint density at radius 2 is 1.80 bits per heavy atom. The largest absolute Gasteiger partial charge is 0.393 e. The third-order valence-corrected chi connectivity index (χ3v) is 2.82. The molecule has 0 unspecified atom stereocenters. The molecule has 60 valence electrons. The van der Waals surface area contributed by atoms with Gasteiger partial charge in [0, 0.05) is 0 Å². The molecule has 0 aromatic rings. The van der Waals surface area contributed by atoms with Crippen LogP contribution in [0, 0.1) is 11.3 Å². The predicted octanol–water partition coefficient (Wildman–Crippen LogP) is 2.19. The van der Waals surface area contributed by atoms with Gasteiger partial charge in [-0.05, 0) is 37.5 Å². The second kappa shape index (κ2) is 2.54. The van der Waals surface area contributed by atoms with Gasteiger partial charge in [0.05, 0.1) is 6.10 Å². The average molecular weight is 142 g/mol. The monoisotopic (exact) mass is 142 g/mol. The molecule has 1 nitrogen and oxygen atoms in total. The van der Waals surface area contributed by atoms with Gasteiger partial charge in [-0.25, -0.2) is 0 Å². The average Bonchev–Trinajstić information content (AvgIpc) is 2.46. The van der Waals surface area contributed by atoms with Crippen LogP contribution in [0.1, 0.15) is 40.0 Å². The van der Waals surface area contributed by atoms with Crippen LogP contribution in [0.25, 0.3) is 0 Å². The molecule has 1 N–H and O–H groups in total. The van der Waals surface area contributed by atoms with E-state index >= 15 is 0 Å². The Labute approximate surface area is 63.4 Å². The van der Waals surface area contributed by atoms with Crippen molar-refractivity contribution in [3.05, 3.63) is 0 Å². The standard InChI is InChI=1S/C9H18O/c1-7(2)9(4-5-9)6-8(3)10/h7-8,10H,4-6H2,1-3H3/t8-/m1/s1. The highest BCUT2D eigenvalue weighted by Gasteiger charge is 2.45. The third-order valence-electron chi connectivity index (χ3n) is 2.82. The molecule has 1 aliphatic rings.